The number of carbonyl (C=O) groups excluding carboxylic acids is 3. The van der Waals surface area contributed by atoms with Crippen LogP contribution >= 0.6 is 23.8 Å². The van der Waals surface area contributed by atoms with Crippen molar-refractivity contribution in [2.45, 2.75) is 6.54 Å². The molecular formula is C24H19ClN4O4S. The van der Waals surface area contributed by atoms with Gasteiger partial charge < -0.3 is 20.3 Å². The van der Waals surface area contributed by atoms with Crippen molar-refractivity contribution in [2.24, 2.45) is 0 Å². The molecule has 3 aromatic carbocycles. The van der Waals surface area contributed by atoms with E-state index >= 15 is 0 Å². The Morgan fingerprint density at radius 1 is 1.03 bits per heavy atom. The summed E-state index contributed by atoms with van der Waals surface area (Å²) in [6.07, 6.45) is 0. The molecule has 3 N–H and O–H groups in total. The number of Topliss-reactive ketones (excluding diaryl/α,β-unsaturated/α-hetero) is 1. The van der Waals surface area contributed by atoms with E-state index < -0.39 is 17.7 Å². The molecule has 0 aliphatic carbocycles. The van der Waals surface area contributed by atoms with E-state index in [1.165, 1.54) is 18.1 Å². The Bertz CT molecular complexity index is 1310. The predicted molar refractivity (Wildman–Crippen MR) is 135 cm³/mol. The Labute approximate surface area is 205 Å². The van der Waals surface area contributed by atoms with Gasteiger partial charge in [0.1, 0.15) is 5.75 Å². The minimum atomic E-state index is -0.654. The molecule has 1 heterocycles. The second-order valence-electron chi connectivity index (χ2n) is 7.28. The van der Waals surface area contributed by atoms with Crippen LogP contribution in [0.2, 0.25) is 5.02 Å². The van der Waals surface area contributed by atoms with E-state index in [1.54, 1.807) is 48.5 Å². The highest BCUT2D eigenvalue weighted by molar-refractivity contribution is 7.80. The molecule has 1 aliphatic rings. The number of ketones is 1. The molecule has 0 aromatic heterocycles. The number of carbonyl (C=O) groups is 3. The molecule has 8 nitrogen and oxygen atoms in total. The average Bonchev–Trinajstić information content (AvgIpc) is 3.05. The zero-order valence-corrected chi connectivity index (χ0v) is 19.5. The van der Waals surface area contributed by atoms with Gasteiger partial charge in [0, 0.05) is 10.7 Å². The number of nitrogens with zero attached hydrogens (tertiary/aromatic N) is 1. The van der Waals surface area contributed by atoms with E-state index in [9.17, 15) is 14.4 Å². The van der Waals surface area contributed by atoms with Gasteiger partial charge in [-0.15, -0.1) is 0 Å². The van der Waals surface area contributed by atoms with Gasteiger partial charge in [0.15, 0.2) is 5.11 Å². The van der Waals surface area contributed by atoms with Gasteiger partial charge in [-0.05, 0) is 54.2 Å². The van der Waals surface area contributed by atoms with Crippen LogP contribution in [-0.4, -0.2) is 29.9 Å². The Kier molecular flexibility index (Phi) is 6.76. The number of fused-ring (bicyclic) bond motifs is 1. The summed E-state index contributed by atoms with van der Waals surface area (Å²) in [5.74, 6) is -0.742. The smallest absolute Gasteiger partial charge is 0.325 e. The summed E-state index contributed by atoms with van der Waals surface area (Å²) in [5, 5.41) is 8.56. The largest absolute Gasteiger partial charge is 0.495 e. The number of rotatable bonds is 5. The third kappa shape index (κ3) is 4.85. The minimum absolute atomic E-state index is 0.0559. The fourth-order valence-electron chi connectivity index (χ4n) is 3.50. The van der Waals surface area contributed by atoms with Crippen molar-refractivity contribution in [2.75, 3.05) is 22.6 Å². The van der Waals surface area contributed by atoms with Crippen molar-refractivity contribution in [3.63, 3.8) is 0 Å². The van der Waals surface area contributed by atoms with Crippen molar-refractivity contribution in [1.82, 2.24) is 5.32 Å². The second-order valence-corrected chi connectivity index (χ2v) is 8.09. The molecule has 0 fully saturated rings. The molecule has 34 heavy (non-hydrogen) atoms. The molecule has 0 radical (unpaired) electrons. The van der Waals surface area contributed by atoms with E-state index in [0.29, 0.717) is 27.8 Å². The predicted octanol–water partition coefficient (Wildman–Crippen LogP) is 4.60. The summed E-state index contributed by atoms with van der Waals surface area (Å²) in [7, 11) is 1.53. The number of hydrogen-bond acceptors (Lipinski definition) is 5. The first-order chi connectivity index (χ1) is 16.4. The second kappa shape index (κ2) is 9.90. The summed E-state index contributed by atoms with van der Waals surface area (Å²) >= 11 is 11.4. The van der Waals surface area contributed by atoms with Crippen molar-refractivity contribution in [3.05, 3.63) is 82.9 Å². The van der Waals surface area contributed by atoms with Crippen LogP contribution in [0.4, 0.5) is 21.9 Å². The quantitative estimate of drug-likeness (QED) is 0.354. The Hall–Kier alpha value is -3.95. The molecule has 0 bridgehead atoms. The molecule has 0 spiro atoms. The van der Waals surface area contributed by atoms with Crippen LogP contribution in [0.1, 0.15) is 15.9 Å². The maximum absolute atomic E-state index is 12.6. The number of hydrogen-bond donors (Lipinski definition) is 3. The van der Waals surface area contributed by atoms with E-state index in [0.717, 1.165) is 5.56 Å². The molecule has 3 aromatic rings. The maximum atomic E-state index is 12.6. The molecular weight excluding hydrogens is 476 g/mol. The summed E-state index contributed by atoms with van der Waals surface area (Å²) in [6.45, 7) is 0.160. The van der Waals surface area contributed by atoms with Crippen LogP contribution in [0.3, 0.4) is 0 Å². The van der Waals surface area contributed by atoms with Gasteiger partial charge in [-0.1, -0.05) is 41.9 Å². The highest BCUT2D eigenvalue weighted by atomic mass is 35.5. The molecule has 1 aliphatic heterocycles. The van der Waals surface area contributed by atoms with Gasteiger partial charge >= 0.3 is 6.03 Å². The molecule has 3 amide bonds. The number of nitrogens with one attached hydrogen (secondary N) is 3. The number of thiocarbonyl (C=S) groups is 1. The molecule has 0 unspecified atom stereocenters. The SMILES string of the molecule is COc1ccccc1NC(=S)NC(=O)Nc1ccc2c(c1)C(=O)C(=O)N2Cc1ccccc1Cl. The zero-order chi connectivity index (χ0) is 24.2. The number of urea groups is 1. The highest BCUT2D eigenvalue weighted by Crippen LogP contribution is 2.33. The Morgan fingerprint density at radius 2 is 1.76 bits per heavy atom. The van der Waals surface area contributed by atoms with Crippen LogP contribution in [0.25, 0.3) is 0 Å². The monoisotopic (exact) mass is 494 g/mol. The number of benzene rings is 3. The fourth-order valence-corrected chi connectivity index (χ4v) is 3.90. The zero-order valence-electron chi connectivity index (χ0n) is 17.9. The van der Waals surface area contributed by atoms with Gasteiger partial charge in [-0.25, -0.2) is 4.79 Å². The summed E-state index contributed by atoms with van der Waals surface area (Å²) < 4.78 is 5.24. The number of anilines is 3. The van der Waals surface area contributed by atoms with E-state index in [2.05, 4.69) is 16.0 Å². The van der Waals surface area contributed by atoms with Crippen molar-refractivity contribution < 1.29 is 19.1 Å². The van der Waals surface area contributed by atoms with Crippen molar-refractivity contribution in [3.8, 4) is 5.75 Å². The van der Waals surface area contributed by atoms with Crippen molar-refractivity contribution in [1.29, 1.82) is 0 Å². The topological polar surface area (TPSA) is 99.8 Å². The minimum Gasteiger partial charge on any atom is -0.495 e. The van der Waals surface area contributed by atoms with Gasteiger partial charge in [0.05, 0.1) is 30.6 Å². The summed E-state index contributed by atoms with van der Waals surface area (Å²) in [4.78, 5) is 38.9. The number of halogens is 1. The lowest BCUT2D eigenvalue weighted by Crippen LogP contribution is -2.37. The third-order valence-electron chi connectivity index (χ3n) is 5.10. The number of methoxy groups -OCH3 is 1. The first-order valence-corrected chi connectivity index (χ1v) is 10.9. The van der Waals surface area contributed by atoms with Gasteiger partial charge in [0.25, 0.3) is 11.7 Å². The molecule has 0 saturated heterocycles. The van der Waals surface area contributed by atoms with Gasteiger partial charge in [-0.2, -0.15) is 0 Å². The molecule has 4 rings (SSSR count). The Balaban J connectivity index is 1.44. The normalized spacial score (nSPS) is 12.2. The Morgan fingerprint density at radius 3 is 2.53 bits per heavy atom. The number of amides is 3. The third-order valence-corrected chi connectivity index (χ3v) is 5.67. The van der Waals surface area contributed by atoms with Crippen LogP contribution < -0.4 is 25.6 Å². The highest BCUT2D eigenvalue weighted by Gasteiger charge is 2.36. The lowest BCUT2D eigenvalue weighted by atomic mass is 10.1. The number of ether oxygens (including phenoxy) is 1. The van der Waals surface area contributed by atoms with Crippen LogP contribution in [0, 0.1) is 0 Å². The molecule has 172 valence electrons. The first-order valence-electron chi connectivity index (χ1n) is 10.1. The van der Waals surface area contributed by atoms with Crippen molar-refractivity contribution >= 4 is 63.7 Å². The molecule has 0 saturated carbocycles. The van der Waals surface area contributed by atoms with E-state index in [1.807, 2.05) is 12.1 Å². The summed E-state index contributed by atoms with van der Waals surface area (Å²) in [6, 6.07) is 18.3. The standard InChI is InChI=1S/C24H19ClN4O4S/c1-33-20-9-5-4-8-18(20)27-24(34)28-23(32)26-15-10-11-19-16(12-15)21(30)22(31)29(19)13-14-6-2-3-7-17(14)25/h2-12H,13H2,1H3,(H3,26,27,28,32,34). The van der Waals surface area contributed by atoms with Crippen LogP contribution in [0.5, 0.6) is 5.75 Å². The fraction of sp³-hybridized carbons (Fsp3) is 0.0833. The van der Waals surface area contributed by atoms with Gasteiger partial charge in [-0.3, -0.25) is 14.9 Å². The molecule has 0 atom stereocenters. The number of para-hydroxylation sites is 2. The lowest BCUT2D eigenvalue weighted by Gasteiger charge is -2.18. The lowest BCUT2D eigenvalue weighted by molar-refractivity contribution is -0.114. The van der Waals surface area contributed by atoms with E-state index in [4.69, 9.17) is 28.6 Å². The maximum Gasteiger partial charge on any atom is 0.325 e. The molecule has 10 heteroatoms. The van der Waals surface area contributed by atoms with Gasteiger partial charge in [0.2, 0.25) is 0 Å². The first kappa shape index (κ1) is 23.2. The average molecular weight is 495 g/mol. The van der Waals surface area contributed by atoms with Crippen LogP contribution in [0.15, 0.2) is 66.7 Å². The van der Waals surface area contributed by atoms with E-state index in [-0.39, 0.29) is 17.2 Å². The van der Waals surface area contributed by atoms with Crippen LogP contribution in [-0.2, 0) is 11.3 Å². The summed E-state index contributed by atoms with van der Waals surface area (Å²) in [5.41, 5.74) is 2.29.